The van der Waals surface area contributed by atoms with E-state index in [1.165, 1.54) is 0 Å². The summed E-state index contributed by atoms with van der Waals surface area (Å²) in [6.07, 6.45) is 17.1. The molecule has 58 valence electrons. The van der Waals surface area contributed by atoms with Crippen molar-refractivity contribution in [2.75, 3.05) is 0 Å². The highest BCUT2D eigenvalue weighted by molar-refractivity contribution is 5.11. The van der Waals surface area contributed by atoms with E-state index in [1.54, 1.807) is 0 Å². The first-order chi connectivity index (χ1) is 5.43. The highest BCUT2D eigenvalue weighted by Crippen LogP contribution is 2.12. The fraction of sp³-hybridized carbons (Fsp3) is 0.273. The molecule has 0 aliphatic heterocycles. The van der Waals surface area contributed by atoms with Crippen LogP contribution in [-0.2, 0) is 0 Å². The molecule has 0 fully saturated rings. The Hall–Kier alpha value is -1.04. The summed E-state index contributed by atoms with van der Waals surface area (Å²) in [6, 6.07) is 0. The van der Waals surface area contributed by atoms with E-state index in [4.69, 9.17) is 0 Å². The summed E-state index contributed by atoms with van der Waals surface area (Å²) in [7, 11) is 0. The van der Waals surface area contributed by atoms with E-state index in [1.807, 2.05) is 12.2 Å². The zero-order chi connectivity index (χ0) is 7.94. The fourth-order valence-electron chi connectivity index (χ4n) is 1.12. The van der Waals surface area contributed by atoms with Crippen molar-refractivity contribution in [1.29, 1.82) is 0 Å². The maximum atomic E-state index is 3.64. The summed E-state index contributed by atoms with van der Waals surface area (Å²) < 4.78 is 0. The van der Waals surface area contributed by atoms with E-state index in [-0.39, 0.29) is 0 Å². The molecule has 0 amide bonds. The monoisotopic (exact) mass is 146 g/mol. The molecule has 0 N–H and O–H groups in total. The Morgan fingerprint density at radius 1 is 1.27 bits per heavy atom. The highest BCUT2D eigenvalue weighted by Gasteiger charge is 1.97. The normalized spacial score (nSPS) is 23.8. The molecule has 0 aromatic rings. The molecule has 0 aromatic heterocycles. The lowest BCUT2D eigenvalue weighted by Gasteiger charge is -1.99. The zero-order valence-corrected chi connectivity index (χ0v) is 6.74. The van der Waals surface area contributed by atoms with Crippen LogP contribution >= 0.6 is 0 Å². The van der Waals surface area contributed by atoms with Gasteiger partial charge in [-0.2, -0.15) is 0 Å². The van der Waals surface area contributed by atoms with Gasteiger partial charge in [-0.05, 0) is 18.8 Å². The summed E-state index contributed by atoms with van der Waals surface area (Å²) in [6.45, 7) is 3.64. The number of rotatable bonds is 2. The Bertz CT molecular complexity index is 194. The van der Waals surface area contributed by atoms with Gasteiger partial charge in [0, 0.05) is 0 Å². The van der Waals surface area contributed by atoms with Gasteiger partial charge >= 0.3 is 0 Å². The van der Waals surface area contributed by atoms with Gasteiger partial charge in [0.1, 0.15) is 0 Å². The van der Waals surface area contributed by atoms with Crippen molar-refractivity contribution in [2.24, 2.45) is 5.92 Å². The average Bonchev–Trinajstić information content (AvgIpc) is 2.28. The highest BCUT2D eigenvalue weighted by atomic mass is 14.0. The quantitative estimate of drug-likeness (QED) is 0.414. The van der Waals surface area contributed by atoms with Gasteiger partial charge in [-0.15, -0.1) is 0 Å². The van der Waals surface area contributed by atoms with Crippen molar-refractivity contribution in [1.82, 2.24) is 0 Å². The molecule has 0 nitrogen and oxygen atoms in total. The number of allylic oxidation sites excluding steroid dienone is 7. The first kappa shape index (κ1) is 8.06. The van der Waals surface area contributed by atoms with Crippen LogP contribution in [0.25, 0.3) is 0 Å². The van der Waals surface area contributed by atoms with Crippen molar-refractivity contribution in [3.8, 4) is 0 Å². The van der Waals surface area contributed by atoms with Gasteiger partial charge < -0.3 is 0 Å². The van der Waals surface area contributed by atoms with E-state index in [0.717, 1.165) is 12.8 Å². The van der Waals surface area contributed by atoms with Gasteiger partial charge in [0.05, 0.1) is 0 Å². The predicted octanol–water partition coefficient (Wildman–Crippen LogP) is 3.25. The van der Waals surface area contributed by atoms with E-state index in [0.29, 0.717) is 5.92 Å². The average molecular weight is 146 g/mol. The second kappa shape index (κ2) is 4.73. The molecule has 1 rings (SSSR count). The van der Waals surface area contributed by atoms with Crippen molar-refractivity contribution >= 4 is 0 Å². The van der Waals surface area contributed by atoms with Gasteiger partial charge in [0.15, 0.2) is 0 Å². The smallest absolute Gasteiger partial charge is 0.00157 e. The van der Waals surface area contributed by atoms with Crippen LogP contribution in [0.3, 0.4) is 0 Å². The van der Waals surface area contributed by atoms with Crippen LogP contribution in [0, 0.1) is 5.92 Å². The standard InChI is InChI=1S/C11H14/c1-2-3-8-11-9-6-4-5-7-10-11/h2-4,6-8,10-11H,1,5,9H2/b8-3-. The zero-order valence-electron chi connectivity index (χ0n) is 6.74. The Morgan fingerprint density at radius 2 is 2.18 bits per heavy atom. The predicted molar refractivity (Wildman–Crippen MR) is 50.3 cm³/mol. The Kier molecular flexibility index (Phi) is 3.46. The van der Waals surface area contributed by atoms with E-state index >= 15 is 0 Å². The van der Waals surface area contributed by atoms with Gasteiger partial charge in [0.25, 0.3) is 0 Å². The fourth-order valence-corrected chi connectivity index (χ4v) is 1.12. The topological polar surface area (TPSA) is 0 Å². The Balaban J connectivity index is 2.50. The molecular weight excluding hydrogens is 132 g/mol. The van der Waals surface area contributed by atoms with Gasteiger partial charge in [-0.3, -0.25) is 0 Å². The molecule has 1 aliphatic rings. The third-order valence-electron chi connectivity index (χ3n) is 1.72. The van der Waals surface area contributed by atoms with Crippen molar-refractivity contribution < 1.29 is 0 Å². The lowest BCUT2D eigenvalue weighted by molar-refractivity contribution is 0.836. The van der Waals surface area contributed by atoms with Crippen LogP contribution in [0.2, 0.25) is 0 Å². The SMILES string of the molecule is C=C/C=C\C1C=CCC=CC1. The Morgan fingerprint density at radius 3 is 3.00 bits per heavy atom. The maximum Gasteiger partial charge on any atom is -0.00157 e. The largest absolute Gasteiger partial charge is 0.0991 e. The molecule has 0 bridgehead atoms. The first-order valence-electron chi connectivity index (χ1n) is 4.04. The third-order valence-corrected chi connectivity index (χ3v) is 1.72. The number of hydrogen-bond acceptors (Lipinski definition) is 0. The molecule has 0 aromatic carbocycles. The molecule has 0 heterocycles. The summed E-state index contributed by atoms with van der Waals surface area (Å²) in [5, 5.41) is 0. The van der Waals surface area contributed by atoms with E-state index < -0.39 is 0 Å². The lowest BCUT2D eigenvalue weighted by Crippen LogP contribution is -1.86. The molecule has 1 aliphatic carbocycles. The second-order valence-corrected chi connectivity index (χ2v) is 2.66. The molecule has 1 atom stereocenters. The molecule has 1 unspecified atom stereocenters. The number of hydrogen-bond donors (Lipinski definition) is 0. The summed E-state index contributed by atoms with van der Waals surface area (Å²) in [4.78, 5) is 0. The summed E-state index contributed by atoms with van der Waals surface area (Å²) in [5.41, 5.74) is 0. The minimum Gasteiger partial charge on any atom is -0.0991 e. The van der Waals surface area contributed by atoms with Crippen LogP contribution in [0.4, 0.5) is 0 Å². The van der Waals surface area contributed by atoms with Crippen LogP contribution in [0.1, 0.15) is 12.8 Å². The Labute approximate surface area is 68.6 Å². The third kappa shape index (κ3) is 3.03. The van der Waals surface area contributed by atoms with Crippen molar-refractivity contribution in [3.05, 3.63) is 49.1 Å². The van der Waals surface area contributed by atoms with Crippen molar-refractivity contribution in [3.63, 3.8) is 0 Å². The molecule has 0 spiro atoms. The molecule has 0 radical (unpaired) electrons. The lowest BCUT2D eigenvalue weighted by atomic mass is 10.1. The summed E-state index contributed by atoms with van der Waals surface area (Å²) >= 11 is 0. The minimum absolute atomic E-state index is 0.576. The van der Waals surface area contributed by atoms with Crippen LogP contribution in [0.15, 0.2) is 49.1 Å². The van der Waals surface area contributed by atoms with E-state index in [9.17, 15) is 0 Å². The molecule has 0 saturated heterocycles. The van der Waals surface area contributed by atoms with E-state index in [2.05, 4.69) is 37.0 Å². The van der Waals surface area contributed by atoms with Crippen LogP contribution in [0.5, 0.6) is 0 Å². The molecule has 0 saturated carbocycles. The van der Waals surface area contributed by atoms with Gasteiger partial charge in [-0.25, -0.2) is 0 Å². The van der Waals surface area contributed by atoms with Crippen LogP contribution in [-0.4, -0.2) is 0 Å². The molecular formula is C11H14. The minimum atomic E-state index is 0.576. The second-order valence-electron chi connectivity index (χ2n) is 2.66. The van der Waals surface area contributed by atoms with Crippen molar-refractivity contribution in [2.45, 2.75) is 12.8 Å². The van der Waals surface area contributed by atoms with Gasteiger partial charge in [0.2, 0.25) is 0 Å². The molecule has 0 heteroatoms. The maximum absolute atomic E-state index is 3.64. The first-order valence-corrected chi connectivity index (χ1v) is 4.04. The van der Waals surface area contributed by atoms with Gasteiger partial charge in [-0.1, -0.05) is 49.1 Å². The molecule has 11 heavy (non-hydrogen) atoms. The summed E-state index contributed by atoms with van der Waals surface area (Å²) in [5.74, 6) is 0.576. The van der Waals surface area contributed by atoms with Crippen LogP contribution < -0.4 is 0 Å².